The summed E-state index contributed by atoms with van der Waals surface area (Å²) in [5.74, 6) is -0.385. The Hall–Kier alpha value is -1.52. The fraction of sp³-hybridized carbons (Fsp3) is 0.692. The molecule has 0 aromatic heterocycles. The molecule has 0 heterocycles. The number of nitrogens with zero attached hydrogens (tertiary/aromatic N) is 2. The number of urea groups is 1. The van der Waals surface area contributed by atoms with Crippen LogP contribution in [0.25, 0.3) is 0 Å². The summed E-state index contributed by atoms with van der Waals surface area (Å²) in [5, 5.41) is 8.82. The molecule has 1 rings (SSSR count). The zero-order chi connectivity index (χ0) is 13.5. The van der Waals surface area contributed by atoms with Gasteiger partial charge in [0.1, 0.15) is 6.54 Å². The van der Waals surface area contributed by atoms with E-state index in [0.717, 1.165) is 13.0 Å². The first-order chi connectivity index (χ1) is 8.58. The molecule has 1 saturated carbocycles. The van der Waals surface area contributed by atoms with E-state index in [0.29, 0.717) is 12.5 Å². The highest BCUT2D eigenvalue weighted by Crippen LogP contribution is 2.30. The Morgan fingerprint density at radius 2 is 2.06 bits per heavy atom. The first-order valence-electron chi connectivity index (χ1n) is 6.45. The summed E-state index contributed by atoms with van der Waals surface area (Å²) < 4.78 is 0. The first kappa shape index (κ1) is 14.5. The topological polar surface area (TPSA) is 60.9 Å². The highest BCUT2D eigenvalue weighted by atomic mass is 16.4. The van der Waals surface area contributed by atoms with Gasteiger partial charge in [-0.1, -0.05) is 13.0 Å². The summed E-state index contributed by atoms with van der Waals surface area (Å²) in [6.07, 6.45) is 4.79. The molecule has 5 heteroatoms. The molecule has 18 heavy (non-hydrogen) atoms. The first-order valence-corrected chi connectivity index (χ1v) is 6.45. The maximum atomic E-state index is 12.3. The third kappa shape index (κ3) is 4.77. The van der Waals surface area contributed by atoms with E-state index in [9.17, 15) is 9.59 Å². The molecule has 1 fully saturated rings. The standard InChI is InChI=1S/C13H22N2O3/c1-3-7-14(9-11-5-6-11)13(18)15(8-4-2)10-12(16)17/h4,11H,2-3,5-10H2,1H3,(H,16,17). The number of aliphatic carboxylic acids is 1. The summed E-state index contributed by atoms with van der Waals surface area (Å²) in [4.78, 5) is 26.1. The smallest absolute Gasteiger partial charge is 0.323 e. The number of hydrogen-bond donors (Lipinski definition) is 1. The van der Waals surface area contributed by atoms with Crippen molar-refractivity contribution in [1.29, 1.82) is 0 Å². The van der Waals surface area contributed by atoms with Gasteiger partial charge in [0.15, 0.2) is 0 Å². The molecule has 102 valence electrons. The van der Waals surface area contributed by atoms with E-state index in [4.69, 9.17) is 5.11 Å². The van der Waals surface area contributed by atoms with Crippen LogP contribution in [-0.4, -0.2) is 53.1 Å². The van der Waals surface area contributed by atoms with Gasteiger partial charge in [-0.2, -0.15) is 0 Å². The van der Waals surface area contributed by atoms with Gasteiger partial charge in [0.05, 0.1) is 0 Å². The normalized spacial score (nSPS) is 14.1. The average Bonchev–Trinajstić information content (AvgIpc) is 3.10. The molecule has 0 unspecified atom stereocenters. The molecule has 0 aromatic rings. The molecular formula is C13H22N2O3. The Morgan fingerprint density at radius 3 is 2.50 bits per heavy atom. The van der Waals surface area contributed by atoms with E-state index < -0.39 is 5.97 Å². The van der Waals surface area contributed by atoms with Gasteiger partial charge in [-0.15, -0.1) is 6.58 Å². The van der Waals surface area contributed by atoms with Crippen molar-refractivity contribution in [3.8, 4) is 0 Å². The Balaban J connectivity index is 2.62. The van der Waals surface area contributed by atoms with Crippen LogP contribution in [0.1, 0.15) is 26.2 Å². The number of amides is 2. The van der Waals surface area contributed by atoms with Gasteiger partial charge >= 0.3 is 12.0 Å². The number of carboxylic acid groups (broad SMARTS) is 1. The summed E-state index contributed by atoms with van der Waals surface area (Å²) >= 11 is 0. The average molecular weight is 254 g/mol. The van der Waals surface area contributed by atoms with Gasteiger partial charge < -0.3 is 14.9 Å². The zero-order valence-electron chi connectivity index (χ0n) is 11.0. The van der Waals surface area contributed by atoms with Gasteiger partial charge in [-0.05, 0) is 25.2 Å². The summed E-state index contributed by atoms with van der Waals surface area (Å²) in [6.45, 7) is 7.02. The van der Waals surface area contributed by atoms with E-state index in [2.05, 4.69) is 6.58 Å². The minimum absolute atomic E-state index is 0.189. The molecule has 0 radical (unpaired) electrons. The lowest BCUT2D eigenvalue weighted by atomic mass is 10.3. The predicted octanol–water partition coefficient (Wildman–Crippen LogP) is 1.80. The van der Waals surface area contributed by atoms with Crippen molar-refractivity contribution >= 4 is 12.0 Å². The van der Waals surface area contributed by atoms with Crippen LogP contribution in [0.15, 0.2) is 12.7 Å². The second kappa shape index (κ2) is 7.03. The van der Waals surface area contributed by atoms with Crippen LogP contribution in [0, 0.1) is 5.92 Å². The second-order valence-electron chi connectivity index (χ2n) is 4.73. The van der Waals surface area contributed by atoms with Crippen LogP contribution in [0.3, 0.4) is 0 Å². The van der Waals surface area contributed by atoms with Crippen molar-refractivity contribution in [3.05, 3.63) is 12.7 Å². The minimum atomic E-state index is -0.993. The Labute approximate surface area is 108 Å². The quantitative estimate of drug-likeness (QED) is 0.672. The summed E-state index contributed by atoms with van der Waals surface area (Å²) in [5.41, 5.74) is 0. The van der Waals surface area contributed by atoms with Crippen LogP contribution in [-0.2, 0) is 4.79 Å². The molecule has 0 aliphatic heterocycles. The van der Waals surface area contributed by atoms with Crippen molar-refractivity contribution in [2.45, 2.75) is 26.2 Å². The fourth-order valence-electron chi connectivity index (χ4n) is 1.88. The zero-order valence-corrected chi connectivity index (χ0v) is 11.0. The van der Waals surface area contributed by atoms with Gasteiger partial charge in [0, 0.05) is 19.6 Å². The molecule has 0 aromatic carbocycles. The van der Waals surface area contributed by atoms with Crippen LogP contribution in [0.4, 0.5) is 4.79 Å². The molecule has 0 atom stereocenters. The van der Waals surface area contributed by atoms with Crippen molar-refractivity contribution in [2.24, 2.45) is 5.92 Å². The molecule has 0 spiro atoms. The third-order valence-corrected chi connectivity index (χ3v) is 2.89. The second-order valence-corrected chi connectivity index (χ2v) is 4.73. The minimum Gasteiger partial charge on any atom is -0.480 e. The van der Waals surface area contributed by atoms with Crippen molar-refractivity contribution < 1.29 is 14.7 Å². The predicted molar refractivity (Wildman–Crippen MR) is 69.4 cm³/mol. The van der Waals surface area contributed by atoms with E-state index in [1.54, 1.807) is 11.0 Å². The number of rotatable bonds is 8. The molecule has 5 nitrogen and oxygen atoms in total. The molecule has 0 saturated heterocycles. The molecule has 0 bridgehead atoms. The fourth-order valence-corrected chi connectivity index (χ4v) is 1.88. The van der Waals surface area contributed by atoms with E-state index in [-0.39, 0.29) is 19.1 Å². The summed E-state index contributed by atoms with van der Waals surface area (Å²) in [6, 6.07) is -0.189. The number of carboxylic acids is 1. The lowest BCUT2D eigenvalue weighted by molar-refractivity contribution is -0.137. The Kier molecular flexibility index (Phi) is 5.68. The van der Waals surface area contributed by atoms with Gasteiger partial charge in [-0.3, -0.25) is 4.79 Å². The SMILES string of the molecule is C=CCN(CC(=O)O)C(=O)N(CCC)CC1CC1. The van der Waals surface area contributed by atoms with Crippen LogP contribution >= 0.6 is 0 Å². The van der Waals surface area contributed by atoms with Crippen LogP contribution < -0.4 is 0 Å². The number of hydrogen-bond acceptors (Lipinski definition) is 2. The van der Waals surface area contributed by atoms with Gasteiger partial charge in [0.2, 0.25) is 0 Å². The molecule has 1 N–H and O–H groups in total. The molecular weight excluding hydrogens is 232 g/mol. The molecule has 1 aliphatic carbocycles. The van der Waals surface area contributed by atoms with Gasteiger partial charge in [-0.25, -0.2) is 4.79 Å². The van der Waals surface area contributed by atoms with Crippen molar-refractivity contribution in [1.82, 2.24) is 9.80 Å². The van der Waals surface area contributed by atoms with Crippen molar-refractivity contribution in [2.75, 3.05) is 26.2 Å². The Morgan fingerprint density at radius 1 is 1.39 bits per heavy atom. The maximum Gasteiger partial charge on any atom is 0.323 e. The monoisotopic (exact) mass is 254 g/mol. The Bertz CT molecular complexity index is 313. The molecule has 2 amide bonds. The molecule has 1 aliphatic rings. The third-order valence-electron chi connectivity index (χ3n) is 2.89. The maximum absolute atomic E-state index is 12.3. The highest BCUT2D eigenvalue weighted by Gasteiger charge is 2.28. The van der Waals surface area contributed by atoms with Crippen molar-refractivity contribution in [3.63, 3.8) is 0 Å². The largest absolute Gasteiger partial charge is 0.480 e. The lowest BCUT2D eigenvalue weighted by Crippen LogP contribution is -2.46. The van der Waals surface area contributed by atoms with Crippen LogP contribution in [0.5, 0.6) is 0 Å². The number of carbonyl (C=O) groups is 2. The van der Waals surface area contributed by atoms with E-state index >= 15 is 0 Å². The highest BCUT2D eigenvalue weighted by molar-refractivity contribution is 5.80. The summed E-state index contributed by atoms with van der Waals surface area (Å²) in [7, 11) is 0. The van der Waals surface area contributed by atoms with E-state index in [1.165, 1.54) is 17.7 Å². The van der Waals surface area contributed by atoms with Crippen LogP contribution in [0.2, 0.25) is 0 Å². The van der Waals surface area contributed by atoms with Gasteiger partial charge in [0.25, 0.3) is 0 Å². The number of carbonyl (C=O) groups excluding carboxylic acids is 1. The lowest BCUT2D eigenvalue weighted by Gasteiger charge is -2.29. The van der Waals surface area contributed by atoms with E-state index in [1.807, 2.05) is 6.92 Å².